The second-order valence-corrected chi connectivity index (χ2v) is 4.44. The largest absolute Gasteiger partial charge is 0.481 e. The minimum absolute atomic E-state index is 0.0184. The van der Waals surface area contributed by atoms with Gasteiger partial charge in [-0.05, 0) is 18.9 Å². The molecule has 0 bridgehead atoms. The minimum Gasteiger partial charge on any atom is -0.481 e. The van der Waals surface area contributed by atoms with Crippen molar-refractivity contribution < 1.29 is 29.6 Å². The van der Waals surface area contributed by atoms with Gasteiger partial charge in [0.15, 0.2) is 0 Å². The van der Waals surface area contributed by atoms with Crippen LogP contribution in [0.3, 0.4) is 0 Å². The van der Waals surface area contributed by atoms with Crippen LogP contribution in [0.25, 0.3) is 0 Å². The lowest BCUT2D eigenvalue weighted by molar-refractivity contribution is -0.393. The first kappa shape index (κ1) is 18.5. The monoisotopic (exact) mass is 340 g/mol. The predicted molar refractivity (Wildman–Crippen MR) is 79.9 cm³/mol. The Labute approximate surface area is 133 Å². The Morgan fingerprint density at radius 3 is 2.29 bits per heavy atom. The van der Waals surface area contributed by atoms with E-state index in [4.69, 9.17) is 10.2 Å². The van der Waals surface area contributed by atoms with Gasteiger partial charge in [0.1, 0.15) is 11.4 Å². The van der Waals surface area contributed by atoms with Crippen LogP contribution in [-0.4, -0.2) is 37.7 Å². The summed E-state index contributed by atoms with van der Waals surface area (Å²) in [5.41, 5.74) is 0.362. The average Bonchev–Trinajstić information content (AvgIpc) is 2.49. The number of anilines is 1. The third-order valence-corrected chi connectivity index (χ3v) is 2.75. The highest BCUT2D eigenvalue weighted by Gasteiger charge is 2.20. The van der Waals surface area contributed by atoms with Gasteiger partial charge in [-0.15, -0.1) is 0 Å². The van der Waals surface area contributed by atoms with E-state index in [2.05, 4.69) is 10.5 Å². The van der Waals surface area contributed by atoms with Gasteiger partial charge in [-0.2, -0.15) is 5.10 Å². The second-order valence-electron chi connectivity index (χ2n) is 4.44. The number of nitro benzene ring substituents is 2. The van der Waals surface area contributed by atoms with Crippen molar-refractivity contribution in [2.75, 3.05) is 5.43 Å². The lowest BCUT2D eigenvalue weighted by atomic mass is 10.1. The van der Waals surface area contributed by atoms with Crippen LogP contribution in [0.2, 0.25) is 0 Å². The Morgan fingerprint density at radius 2 is 1.79 bits per heavy atom. The zero-order chi connectivity index (χ0) is 18.3. The highest BCUT2D eigenvalue weighted by molar-refractivity contribution is 6.35. The summed E-state index contributed by atoms with van der Waals surface area (Å²) < 4.78 is 0. The standard InChI is InChI=1S/C12H12N4O8/c17-11(18)3-1-2-9(12(19)20)14-13-8-5-4-7(15(21)22)6-10(8)16(23)24/h4-6,13H,1-3H2,(H,17,18)(H,19,20)/b14-9-. The number of carboxylic acid groups (broad SMARTS) is 2. The molecular weight excluding hydrogens is 328 g/mol. The summed E-state index contributed by atoms with van der Waals surface area (Å²) in [6.45, 7) is 0. The van der Waals surface area contributed by atoms with Crippen LogP contribution in [0.4, 0.5) is 17.1 Å². The number of hydrogen-bond donors (Lipinski definition) is 3. The molecule has 24 heavy (non-hydrogen) atoms. The van der Waals surface area contributed by atoms with E-state index in [0.29, 0.717) is 6.07 Å². The number of rotatable bonds is 9. The van der Waals surface area contributed by atoms with E-state index in [0.717, 1.165) is 12.1 Å². The van der Waals surface area contributed by atoms with E-state index < -0.39 is 38.9 Å². The molecule has 0 saturated carbocycles. The van der Waals surface area contributed by atoms with Gasteiger partial charge in [-0.3, -0.25) is 30.4 Å². The molecule has 0 aliphatic rings. The van der Waals surface area contributed by atoms with E-state index >= 15 is 0 Å². The first-order chi connectivity index (χ1) is 11.2. The van der Waals surface area contributed by atoms with Crippen LogP contribution >= 0.6 is 0 Å². The van der Waals surface area contributed by atoms with E-state index in [1.165, 1.54) is 0 Å². The summed E-state index contributed by atoms with van der Waals surface area (Å²) in [7, 11) is 0. The molecule has 1 rings (SSSR count). The Bertz CT molecular complexity index is 715. The number of nitrogens with one attached hydrogen (secondary N) is 1. The normalized spacial score (nSPS) is 10.9. The smallest absolute Gasteiger partial charge is 0.352 e. The topological polar surface area (TPSA) is 185 Å². The lowest BCUT2D eigenvalue weighted by Gasteiger charge is -2.04. The van der Waals surface area contributed by atoms with Crippen molar-refractivity contribution in [2.45, 2.75) is 19.3 Å². The summed E-state index contributed by atoms with van der Waals surface area (Å²) >= 11 is 0. The number of benzene rings is 1. The predicted octanol–water partition coefficient (Wildman–Crippen LogP) is 1.61. The van der Waals surface area contributed by atoms with Gasteiger partial charge in [-0.1, -0.05) is 0 Å². The summed E-state index contributed by atoms with van der Waals surface area (Å²) in [6, 6.07) is 2.73. The molecule has 0 amide bonds. The molecule has 128 valence electrons. The summed E-state index contributed by atoms with van der Waals surface area (Å²) in [5, 5.41) is 42.5. The molecule has 0 fully saturated rings. The number of hydrazone groups is 1. The molecule has 0 heterocycles. The van der Waals surface area contributed by atoms with Gasteiger partial charge in [0.2, 0.25) is 0 Å². The lowest BCUT2D eigenvalue weighted by Crippen LogP contribution is -2.15. The Balaban J connectivity index is 3.00. The molecule has 0 spiro atoms. The molecule has 1 aromatic carbocycles. The fourth-order valence-corrected chi connectivity index (χ4v) is 1.62. The van der Waals surface area contributed by atoms with Crippen molar-refractivity contribution in [3.8, 4) is 0 Å². The number of nitrogens with zero attached hydrogens (tertiary/aromatic N) is 3. The summed E-state index contributed by atoms with van der Waals surface area (Å²) in [4.78, 5) is 41.3. The quantitative estimate of drug-likeness (QED) is 0.341. The third kappa shape index (κ3) is 5.32. The Kier molecular flexibility index (Phi) is 6.29. The third-order valence-electron chi connectivity index (χ3n) is 2.75. The molecule has 0 unspecified atom stereocenters. The number of aliphatic carboxylic acids is 2. The second kappa shape index (κ2) is 8.17. The Morgan fingerprint density at radius 1 is 1.12 bits per heavy atom. The van der Waals surface area contributed by atoms with Crippen LogP contribution in [0, 0.1) is 20.2 Å². The SMILES string of the molecule is O=C(O)CCC/C(=N/Nc1ccc([N+](=O)[O-])cc1[N+](=O)[O-])C(=O)O. The van der Waals surface area contributed by atoms with Crippen molar-refractivity contribution in [3.05, 3.63) is 38.4 Å². The maximum absolute atomic E-state index is 11.0. The maximum Gasteiger partial charge on any atom is 0.352 e. The maximum atomic E-state index is 11.0. The van der Waals surface area contributed by atoms with Gasteiger partial charge in [-0.25, -0.2) is 4.79 Å². The van der Waals surface area contributed by atoms with Gasteiger partial charge in [0, 0.05) is 12.5 Å². The van der Waals surface area contributed by atoms with Crippen LogP contribution in [-0.2, 0) is 9.59 Å². The number of carboxylic acids is 2. The fraction of sp³-hybridized carbons (Fsp3) is 0.250. The molecule has 12 heteroatoms. The van der Waals surface area contributed by atoms with E-state index in [1.807, 2.05) is 0 Å². The highest BCUT2D eigenvalue weighted by atomic mass is 16.6. The van der Waals surface area contributed by atoms with Crippen molar-refractivity contribution in [1.29, 1.82) is 0 Å². The van der Waals surface area contributed by atoms with E-state index in [1.54, 1.807) is 0 Å². The van der Waals surface area contributed by atoms with Crippen LogP contribution in [0.15, 0.2) is 23.3 Å². The molecular formula is C12H12N4O8. The molecule has 0 atom stereocenters. The minimum atomic E-state index is -1.42. The number of non-ortho nitro benzene ring substituents is 1. The van der Waals surface area contributed by atoms with Crippen LogP contribution in [0.5, 0.6) is 0 Å². The molecule has 0 aliphatic heterocycles. The van der Waals surface area contributed by atoms with Crippen LogP contribution in [0.1, 0.15) is 19.3 Å². The first-order valence-electron chi connectivity index (χ1n) is 6.43. The van der Waals surface area contributed by atoms with Gasteiger partial charge >= 0.3 is 17.6 Å². The van der Waals surface area contributed by atoms with Crippen LogP contribution < -0.4 is 5.43 Å². The van der Waals surface area contributed by atoms with Crippen molar-refractivity contribution in [1.82, 2.24) is 0 Å². The number of hydrogen-bond acceptors (Lipinski definition) is 8. The first-order valence-corrected chi connectivity index (χ1v) is 6.43. The molecule has 12 nitrogen and oxygen atoms in total. The zero-order valence-electron chi connectivity index (χ0n) is 12.0. The van der Waals surface area contributed by atoms with Crippen molar-refractivity contribution >= 4 is 34.7 Å². The van der Waals surface area contributed by atoms with Gasteiger partial charge in [0.05, 0.1) is 15.9 Å². The molecule has 0 aromatic heterocycles. The fourth-order valence-electron chi connectivity index (χ4n) is 1.62. The summed E-state index contributed by atoms with van der Waals surface area (Å²) in [5.74, 6) is -2.52. The van der Waals surface area contributed by atoms with E-state index in [-0.39, 0.29) is 24.9 Å². The molecule has 1 aromatic rings. The molecule has 0 aliphatic carbocycles. The highest BCUT2D eigenvalue weighted by Crippen LogP contribution is 2.28. The van der Waals surface area contributed by atoms with E-state index in [9.17, 15) is 29.8 Å². The summed E-state index contributed by atoms with van der Waals surface area (Å²) in [6.07, 6.45) is -0.413. The average molecular weight is 340 g/mol. The zero-order valence-corrected chi connectivity index (χ0v) is 12.0. The molecule has 0 saturated heterocycles. The Hall–Kier alpha value is -3.57. The van der Waals surface area contributed by atoms with Gasteiger partial charge < -0.3 is 10.2 Å². The number of nitro groups is 2. The molecule has 0 radical (unpaired) electrons. The molecule has 3 N–H and O–H groups in total. The van der Waals surface area contributed by atoms with Crippen molar-refractivity contribution in [2.24, 2.45) is 5.10 Å². The van der Waals surface area contributed by atoms with Crippen molar-refractivity contribution in [3.63, 3.8) is 0 Å². The number of carbonyl (C=O) groups is 2. The van der Waals surface area contributed by atoms with Gasteiger partial charge in [0.25, 0.3) is 5.69 Å².